The number of anilines is 1. The van der Waals surface area contributed by atoms with Crippen LogP contribution in [-0.2, 0) is 13.8 Å². The van der Waals surface area contributed by atoms with Crippen molar-refractivity contribution in [1.82, 2.24) is 9.55 Å². The second kappa shape index (κ2) is 6.89. The average molecular weight is 365 g/mol. The Morgan fingerprint density at radius 1 is 1.42 bits per heavy atom. The second-order valence-corrected chi connectivity index (χ2v) is 7.00. The molecule has 2 heterocycles. The molecule has 4 atom stereocenters. The minimum atomic E-state index is -4.76. The number of ether oxygens (including phenoxy) is 1. The number of nitrogen functional groups attached to an aromatic ring is 1. The minimum absolute atomic E-state index is 0.0541. The van der Waals surface area contributed by atoms with E-state index in [0.29, 0.717) is 5.56 Å². The monoisotopic (exact) mass is 365 g/mol. The summed E-state index contributed by atoms with van der Waals surface area (Å²) in [4.78, 5) is 33.1. The van der Waals surface area contributed by atoms with Gasteiger partial charge in [-0.3, -0.25) is 9.09 Å². The van der Waals surface area contributed by atoms with Gasteiger partial charge in [-0.15, -0.1) is 0 Å². The smallest absolute Gasteiger partial charge is 0.387 e. The third-order valence-electron chi connectivity index (χ3n) is 3.65. The molecule has 6 N–H and O–H groups in total. The quantitative estimate of drug-likeness (QED) is 0.393. The Balaban J connectivity index is 2.28. The van der Waals surface area contributed by atoms with Crippen LogP contribution in [0.2, 0.25) is 0 Å². The van der Waals surface area contributed by atoms with Crippen LogP contribution in [-0.4, -0.2) is 54.5 Å². The van der Waals surface area contributed by atoms with Crippen molar-refractivity contribution in [2.24, 2.45) is 0 Å². The molecule has 2 rings (SSSR count). The SMILES string of the molecule is CC(C)c1cn([C@@H]2O[C@H](COP(=O)(O)O)[C@@H](O)[C@H]2O)c(=O)nc1N. The summed E-state index contributed by atoms with van der Waals surface area (Å²) in [5, 5.41) is 20.0. The summed E-state index contributed by atoms with van der Waals surface area (Å²) in [6.45, 7) is 3.01. The van der Waals surface area contributed by atoms with E-state index in [1.165, 1.54) is 6.20 Å². The molecule has 1 aliphatic rings. The maximum atomic E-state index is 12.0. The summed E-state index contributed by atoms with van der Waals surface area (Å²) in [6.07, 6.45) is -4.16. The predicted molar refractivity (Wildman–Crippen MR) is 80.9 cm³/mol. The molecule has 12 heteroatoms. The molecule has 0 aromatic carbocycles. The van der Waals surface area contributed by atoms with Gasteiger partial charge < -0.3 is 30.5 Å². The minimum Gasteiger partial charge on any atom is -0.387 e. The van der Waals surface area contributed by atoms with Gasteiger partial charge in [0.2, 0.25) is 0 Å². The van der Waals surface area contributed by atoms with Crippen molar-refractivity contribution in [3.05, 3.63) is 22.2 Å². The Bertz CT molecular complexity index is 702. The number of phosphoric ester groups is 1. The van der Waals surface area contributed by atoms with Gasteiger partial charge in [0, 0.05) is 11.8 Å². The molecule has 1 saturated heterocycles. The Morgan fingerprint density at radius 2 is 2.04 bits per heavy atom. The lowest BCUT2D eigenvalue weighted by Gasteiger charge is -2.19. The number of aromatic nitrogens is 2. The number of nitrogens with two attached hydrogens (primary N) is 1. The standard InChI is InChI=1S/C12H20N3O8P/c1-5(2)6-3-15(12(18)14-10(6)13)11-9(17)8(16)7(23-11)4-22-24(19,20)21/h3,5,7-9,11,16-17H,4H2,1-2H3,(H2,13,14,18)(H2,19,20,21)/t7-,8-,9-,11-/m1/s1. The van der Waals surface area contributed by atoms with Gasteiger partial charge in [0.15, 0.2) is 6.23 Å². The maximum absolute atomic E-state index is 12.0. The number of aliphatic hydroxyl groups excluding tert-OH is 2. The number of aliphatic hydroxyl groups is 2. The van der Waals surface area contributed by atoms with E-state index in [9.17, 15) is 19.6 Å². The van der Waals surface area contributed by atoms with Gasteiger partial charge in [0.05, 0.1) is 6.61 Å². The summed E-state index contributed by atoms with van der Waals surface area (Å²) in [5.41, 5.74) is 5.45. The van der Waals surface area contributed by atoms with Gasteiger partial charge in [0.1, 0.15) is 24.1 Å². The molecule has 0 bridgehead atoms. The van der Waals surface area contributed by atoms with E-state index in [2.05, 4.69) is 9.51 Å². The van der Waals surface area contributed by atoms with Crippen LogP contribution in [0.3, 0.4) is 0 Å². The van der Waals surface area contributed by atoms with Gasteiger partial charge in [-0.2, -0.15) is 4.98 Å². The normalized spacial score (nSPS) is 27.8. The van der Waals surface area contributed by atoms with Crippen molar-refractivity contribution in [1.29, 1.82) is 0 Å². The first-order valence-corrected chi connectivity index (χ1v) is 8.64. The van der Waals surface area contributed by atoms with Gasteiger partial charge in [0.25, 0.3) is 0 Å². The molecular weight excluding hydrogens is 345 g/mol. The zero-order chi connectivity index (χ0) is 18.2. The van der Waals surface area contributed by atoms with Crippen LogP contribution in [0.4, 0.5) is 5.82 Å². The Hall–Kier alpha value is -1.33. The Morgan fingerprint density at radius 3 is 2.58 bits per heavy atom. The summed E-state index contributed by atoms with van der Waals surface area (Å²) >= 11 is 0. The van der Waals surface area contributed by atoms with Crippen LogP contribution in [0, 0.1) is 0 Å². The summed E-state index contributed by atoms with van der Waals surface area (Å²) in [6, 6.07) is 0. The van der Waals surface area contributed by atoms with Crippen LogP contribution in [0.25, 0.3) is 0 Å². The zero-order valence-corrected chi connectivity index (χ0v) is 13.9. The van der Waals surface area contributed by atoms with Gasteiger partial charge in [-0.05, 0) is 5.92 Å². The van der Waals surface area contributed by atoms with E-state index in [0.717, 1.165) is 4.57 Å². The molecule has 11 nitrogen and oxygen atoms in total. The molecule has 0 spiro atoms. The largest absolute Gasteiger partial charge is 0.469 e. The van der Waals surface area contributed by atoms with E-state index >= 15 is 0 Å². The van der Waals surface area contributed by atoms with E-state index in [4.69, 9.17) is 20.3 Å². The maximum Gasteiger partial charge on any atom is 0.469 e. The highest BCUT2D eigenvalue weighted by atomic mass is 31.2. The topological polar surface area (TPSA) is 177 Å². The first kappa shape index (κ1) is 19.0. The Labute approximate surface area is 136 Å². The number of phosphoric acid groups is 1. The molecule has 0 unspecified atom stereocenters. The van der Waals surface area contributed by atoms with Crippen LogP contribution >= 0.6 is 7.82 Å². The first-order valence-electron chi connectivity index (χ1n) is 7.11. The number of rotatable bonds is 5. The molecule has 1 aromatic heterocycles. The van der Waals surface area contributed by atoms with Gasteiger partial charge in [-0.1, -0.05) is 13.8 Å². The van der Waals surface area contributed by atoms with E-state index in [1.807, 2.05) is 13.8 Å². The van der Waals surface area contributed by atoms with Crippen molar-refractivity contribution in [2.45, 2.75) is 44.3 Å². The Kier molecular flexibility index (Phi) is 5.45. The highest BCUT2D eigenvalue weighted by molar-refractivity contribution is 7.46. The number of hydrogen-bond acceptors (Lipinski definition) is 8. The fourth-order valence-electron chi connectivity index (χ4n) is 2.39. The lowest BCUT2D eigenvalue weighted by atomic mass is 10.1. The third-order valence-corrected chi connectivity index (χ3v) is 4.14. The zero-order valence-electron chi connectivity index (χ0n) is 13.0. The third kappa shape index (κ3) is 4.01. The summed E-state index contributed by atoms with van der Waals surface area (Å²) in [5.74, 6) is 0.00211. The molecule has 24 heavy (non-hydrogen) atoms. The fraction of sp³-hybridized carbons (Fsp3) is 0.667. The summed E-state index contributed by atoms with van der Waals surface area (Å²) in [7, 11) is -4.76. The molecule has 1 aromatic rings. The second-order valence-electron chi connectivity index (χ2n) is 5.76. The first-order chi connectivity index (χ1) is 11.0. The average Bonchev–Trinajstić information content (AvgIpc) is 2.72. The van der Waals surface area contributed by atoms with E-state index in [1.54, 1.807) is 0 Å². The van der Waals surface area contributed by atoms with Crippen LogP contribution in [0.5, 0.6) is 0 Å². The molecular formula is C12H20N3O8P. The lowest BCUT2D eigenvalue weighted by molar-refractivity contribution is -0.0543. The molecule has 0 amide bonds. The molecule has 136 valence electrons. The number of hydrogen-bond donors (Lipinski definition) is 5. The highest BCUT2D eigenvalue weighted by Gasteiger charge is 2.45. The number of nitrogens with zero attached hydrogens (tertiary/aromatic N) is 2. The van der Waals surface area contributed by atoms with Crippen LogP contribution in [0.15, 0.2) is 11.0 Å². The molecule has 0 aliphatic carbocycles. The molecule has 1 fully saturated rings. The van der Waals surface area contributed by atoms with Crippen molar-refractivity contribution >= 4 is 13.6 Å². The molecule has 0 saturated carbocycles. The van der Waals surface area contributed by atoms with Gasteiger partial charge in [-0.25, -0.2) is 9.36 Å². The van der Waals surface area contributed by atoms with Crippen LogP contribution in [0.1, 0.15) is 31.6 Å². The van der Waals surface area contributed by atoms with Gasteiger partial charge >= 0.3 is 13.5 Å². The van der Waals surface area contributed by atoms with Crippen molar-refractivity contribution in [2.75, 3.05) is 12.3 Å². The lowest BCUT2D eigenvalue weighted by Crippen LogP contribution is -2.36. The summed E-state index contributed by atoms with van der Waals surface area (Å²) < 4.78 is 21.3. The fourth-order valence-corrected chi connectivity index (χ4v) is 2.73. The van der Waals surface area contributed by atoms with Crippen molar-refractivity contribution in [3.63, 3.8) is 0 Å². The van der Waals surface area contributed by atoms with E-state index in [-0.39, 0.29) is 11.7 Å². The molecule has 1 aliphatic heterocycles. The van der Waals surface area contributed by atoms with E-state index < -0.39 is 44.7 Å². The van der Waals surface area contributed by atoms with Crippen LogP contribution < -0.4 is 11.4 Å². The molecule has 0 radical (unpaired) electrons. The van der Waals surface area contributed by atoms with Crippen molar-refractivity contribution < 1.29 is 33.8 Å². The van der Waals surface area contributed by atoms with Crippen molar-refractivity contribution in [3.8, 4) is 0 Å². The highest BCUT2D eigenvalue weighted by Crippen LogP contribution is 2.38. The predicted octanol–water partition coefficient (Wildman–Crippen LogP) is -1.32.